The van der Waals surface area contributed by atoms with Gasteiger partial charge in [-0.05, 0) is 34.7 Å². The average molecular weight is 369 g/mol. The molecule has 13 heavy (non-hydrogen) atoms. The van der Waals surface area contributed by atoms with Gasteiger partial charge in [0.2, 0.25) is 0 Å². The molecule has 5 heteroatoms. The van der Waals surface area contributed by atoms with Crippen molar-refractivity contribution in [3.8, 4) is 0 Å². The molecule has 1 aromatic heterocycles. The Bertz CT molecular complexity index is 475. The third kappa shape index (κ3) is 1.80. The van der Waals surface area contributed by atoms with Crippen LogP contribution in [0.3, 0.4) is 0 Å². The van der Waals surface area contributed by atoms with Crippen molar-refractivity contribution < 1.29 is 0 Å². The molecule has 0 aliphatic carbocycles. The zero-order valence-electron chi connectivity index (χ0n) is 6.26. The highest BCUT2D eigenvalue weighted by Gasteiger charge is 2.05. The SMILES string of the molecule is Clc1c(I)nnc2cc(Br)ccc12. The summed E-state index contributed by atoms with van der Waals surface area (Å²) in [5.41, 5.74) is 0.805. The molecule has 2 nitrogen and oxygen atoms in total. The zero-order valence-corrected chi connectivity index (χ0v) is 10.8. The predicted molar refractivity (Wildman–Crippen MR) is 65.0 cm³/mol. The van der Waals surface area contributed by atoms with Gasteiger partial charge in [-0.3, -0.25) is 0 Å². The Hall–Kier alpha value is 0.0600. The number of halogens is 3. The molecule has 0 bridgehead atoms. The van der Waals surface area contributed by atoms with Crippen LogP contribution in [0.5, 0.6) is 0 Å². The Morgan fingerprint density at radius 1 is 1.31 bits per heavy atom. The predicted octanol–water partition coefficient (Wildman–Crippen LogP) is 3.65. The van der Waals surface area contributed by atoms with Crippen LogP contribution in [0, 0.1) is 3.70 Å². The Morgan fingerprint density at radius 2 is 2.08 bits per heavy atom. The summed E-state index contributed by atoms with van der Waals surface area (Å²) in [7, 11) is 0. The normalized spacial score (nSPS) is 10.7. The van der Waals surface area contributed by atoms with Crippen molar-refractivity contribution in [3.05, 3.63) is 31.4 Å². The molecule has 2 aromatic rings. The van der Waals surface area contributed by atoms with Crippen molar-refractivity contribution in [2.75, 3.05) is 0 Å². The molecule has 0 N–H and O–H groups in total. The van der Waals surface area contributed by atoms with Crippen LogP contribution in [-0.4, -0.2) is 10.2 Å². The van der Waals surface area contributed by atoms with Crippen LogP contribution in [0.1, 0.15) is 0 Å². The maximum Gasteiger partial charge on any atom is 0.143 e. The van der Waals surface area contributed by atoms with Gasteiger partial charge in [-0.25, -0.2) is 0 Å². The van der Waals surface area contributed by atoms with Crippen LogP contribution in [0.2, 0.25) is 5.02 Å². The molecular formula is C8H3BrClIN2. The molecular weight excluding hydrogens is 366 g/mol. The van der Waals surface area contributed by atoms with E-state index in [4.69, 9.17) is 11.6 Å². The number of hydrogen-bond acceptors (Lipinski definition) is 2. The molecule has 2 rings (SSSR count). The van der Waals surface area contributed by atoms with Gasteiger partial charge >= 0.3 is 0 Å². The molecule has 0 spiro atoms. The molecule has 0 aliphatic rings. The van der Waals surface area contributed by atoms with Crippen molar-refractivity contribution in [1.29, 1.82) is 0 Å². The van der Waals surface area contributed by atoms with E-state index in [1.54, 1.807) is 0 Å². The van der Waals surface area contributed by atoms with Crippen molar-refractivity contribution in [2.45, 2.75) is 0 Å². The second-order valence-electron chi connectivity index (χ2n) is 2.47. The third-order valence-electron chi connectivity index (χ3n) is 1.62. The standard InChI is InChI=1S/C8H3BrClIN2/c9-4-1-2-5-6(3-4)12-13-8(11)7(5)10/h1-3H. The maximum absolute atomic E-state index is 6.05. The lowest BCUT2D eigenvalue weighted by atomic mass is 10.2. The highest BCUT2D eigenvalue weighted by Crippen LogP contribution is 2.26. The van der Waals surface area contributed by atoms with Crippen LogP contribution < -0.4 is 0 Å². The zero-order chi connectivity index (χ0) is 9.42. The van der Waals surface area contributed by atoms with Gasteiger partial charge < -0.3 is 0 Å². The minimum Gasteiger partial charge on any atom is -0.149 e. The first-order valence-corrected chi connectivity index (χ1v) is 5.70. The van der Waals surface area contributed by atoms with E-state index in [0.717, 1.165) is 19.1 Å². The third-order valence-corrected chi connectivity index (χ3v) is 3.57. The smallest absolute Gasteiger partial charge is 0.143 e. The van der Waals surface area contributed by atoms with E-state index >= 15 is 0 Å². The molecule has 0 atom stereocenters. The first-order chi connectivity index (χ1) is 6.18. The highest BCUT2D eigenvalue weighted by atomic mass is 127. The molecule has 0 aliphatic heterocycles. The molecule has 66 valence electrons. The van der Waals surface area contributed by atoms with Gasteiger partial charge in [0, 0.05) is 9.86 Å². The van der Waals surface area contributed by atoms with Crippen LogP contribution >= 0.6 is 50.1 Å². The number of hydrogen-bond donors (Lipinski definition) is 0. The lowest BCUT2D eigenvalue weighted by molar-refractivity contribution is 1.04. The Kier molecular flexibility index (Phi) is 2.71. The van der Waals surface area contributed by atoms with Gasteiger partial charge in [-0.15, -0.1) is 10.2 Å². The van der Waals surface area contributed by atoms with Crippen molar-refractivity contribution in [2.24, 2.45) is 0 Å². The monoisotopic (exact) mass is 368 g/mol. The molecule has 0 radical (unpaired) electrons. The molecule has 0 saturated heterocycles. The van der Waals surface area contributed by atoms with Gasteiger partial charge in [0.1, 0.15) is 3.70 Å². The van der Waals surface area contributed by atoms with Crippen LogP contribution in [0.15, 0.2) is 22.7 Å². The average Bonchev–Trinajstić information content (AvgIpc) is 2.12. The Morgan fingerprint density at radius 3 is 2.85 bits per heavy atom. The lowest BCUT2D eigenvalue weighted by Crippen LogP contribution is -1.89. The van der Waals surface area contributed by atoms with E-state index in [2.05, 4.69) is 48.7 Å². The van der Waals surface area contributed by atoms with Crippen LogP contribution in [0.25, 0.3) is 10.9 Å². The second kappa shape index (κ2) is 3.67. The van der Waals surface area contributed by atoms with E-state index in [1.807, 2.05) is 18.2 Å². The summed E-state index contributed by atoms with van der Waals surface area (Å²) in [6, 6.07) is 5.76. The van der Waals surface area contributed by atoms with E-state index in [9.17, 15) is 0 Å². The first kappa shape index (κ1) is 9.61. The summed E-state index contributed by atoms with van der Waals surface area (Å²) >= 11 is 11.5. The Balaban J connectivity index is 2.87. The van der Waals surface area contributed by atoms with Crippen molar-refractivity contribution in [3.63, 3.8) is 0 Å². The van der Waals surface area contributed by atoms with Crippen LogP contribution in [-0.2, 0) is 0 Å². The summed E-state index contributed by atoms with van der Waals surface area (Å²) in [6.07, 6.45) is 0. The molecule has 1 heterocycles. The number of rotatable bonds is 0. The van der Waals surface area contributed by atoms with E-state index in [0.29, 0.717) is 5.02 Å². The van der Waals surface area contributed by atoms with E-state index in [1.165, 1.54) is 0 Å². The highest BCUT2D eigenvalue weighted by molar-refractivity contribution is 14.1. The fraction of sp³-hybridized carbons (Fsp3) is 0. The lowest BCUT2D eigenvalue weighted by Gasteiger charge is -2.00. The van der Waals surface area contributed by atoms with Crippen molar-refractivity contribution in [1.82, 2.24) is 10.2 Å². The summed E-state index contributed by atoms with van der Waals surface area (Å²) in [5, 5.41) is 9.56. The fourth-order valence-corrected chi connectivity index (χ4v) is 1.97. The topological polar surface area (TPSA) is 25.8 Å². The van der Waals surface area contributed by atoms with Gasteiger partial charge in [0.15, 0.2) is 0 Å². The number of fused-ring (bicyclic) bond motifs is 1. The largest absolute Gasteiger partial charge is 0.149 e. The first-order valence-electron chi connectivity index (χ1n) is 3.45. The van der Waals surface area contributed by atoms with Gasteiger partial charge in [0.25, 0.3) is 0 Å². The fourth-order valence-electron chi connectivity index (χ4n) is 1.03. The van der Waals surface area contributed by atoms with Gasteiger partial charge in [0.05, 0.1) is 10.5 Å². The van der Waals surface area contributed by atoms with Crippen LogP contribution in [0.4, 0.5) is 0 Å². The summed E-state index contributed by atoms with van der Waals surface area (Å²) in [4.78, 5) is 0. The van der Waals surface area contributed by atoms with E-state index in [-0.39, 0.29) is 0 Å². The van der Waals surface area contributed by atoms with Gasteiger partial charge in [-0.2, -0.15) is 0 Å². The number of aromatic nitrogens is 2. The minimum absolute atomic E-state index is 0.665. The van der Waals surface area contributed by atoms with Gasteiger partial charge in [-0.1, -0.05) is 33.6 Å². The summed E-state index contributed by atoms with van der Waals surface area (Å²) < 4.78 is 1.71. The molecule has 0 saturated carbocycles. The maximum atomic E-state index is 6.05. The molecule has 1 aromatic carbocycles. The minimum atomic E-state index is 0.665. The Labute approximate surface area is 102 Å². The molecule has 0 amide bonds. The summed E-state index contributed by atoms with van der Waals surface area (Å²) in [5.74, 6) is 0. The summed E-state index contributed by atoms with van der Waals surface area (Å²) in [6.45, 7) is 0. The van der Waals surface area contributed by atoms with E-state index < -0.39 is 0 Å². The number of benzene rings is 1. The van der Waals surface area contributed by atoms with Crippen molar-refractivity contribution >= 4 is 61.0 Å². The quantitative estimate of drug-likeness (QED) is 0.663. The second-order valence-corrected chi connectivity index (χ2v) is 4.78. The molecule has 0 unspecified atom stereocenters. The number of nitrogens with zero attached hydrogens (tertiary/aromatic N) is 2. The molecule has 0 fully saturated rings.